The van der Waals surface area contributed by atoms with E-state index in [2.05, 4.69) is 55.5 Å². The zero-order chi connectivity index (χ0) is 15.8. The molecule has 116 valence electrons. The Morgan fingerprint density at radius 3 is 1.43 bits per heavy atom. The molecule has 0 radical (unpaired) electrons. The van der Waals surface area contributed by atoms with Crippen molar-refractivity contribution in [3.8, 4) is 5.75 Å². The predicted molar refractivity (Wildman–Crippen MR) is 96.5 cm³/mol. The van der Waals surface area contributed by atoms with Crippen LogP contribution in [0.25, 0.3) is 11.1 Å². The Balaban J connectivity index is 1.69. The highest BCUT2D eigenvalue weighted by Gasteiger charge is 2.28. The summed E-state index contributed by atoms with van der Waals surface area (Å²) in [7, 11) is 1.72. The third kappa shape index (κ3) is 2.50. The second kappa shape index (κ2) is 5.73. The van der Waals surface area contributed by atoms with Crippen LogP contribution in [0.1, 0.15) is 42.4 Å². The Kier molecular flexibility index (Phi) is 3.57. The molecule has 1 heteroatoms. The summed E-state index contributed by atoms with van der Waals surface area (Å²) >= 11 is 0. The van der Waals surface area contributed by atoms with Crippen LogP contribution in [-0.2, 0) is 0 Å². The molecule has 0 fully saturated rings. The van der Waals surface area contributed by atoms with Crippen molar-refractivity contribution in [2.45, 2.75) is 32.6 Å². The van der Waals surface area contributed by atoms with Gasteiger partial charge in [0.25, 0.3) is 0 Å². The quantitative estimate of drug-likeness (QED) is 0.693. The molecular weight excluding hydrogens is 280 g/mol. The third-order valence-corrected chi connectivity index (χ3v) is 5.18. The van der Waals surface area contributed by atoms with Gasteiger partial charge >= 0.3 is 0 Å². The highest BCUT2D eigenvalue weighted by molar-refractivity contribution is 5.86. The molecule has 2 aromatic carbocycles. The van der Waals surface area contributed by atoms with E-state index in [0.29, 0.717) is 0 Å². The lowest BCUT2D eigenvalue weighted by molar-refractivity contribution is 0.415. The summed E-state index contributed by atoms with van der Waals surface area (Å²) in [6.45, 7) is 2.15. The molecule has 0 spiro atoms. The van der Waals surface area contributed by atoms with E-state index in [4.69, 9.17) is 4.74 Å². The van der Waals surface area contributed by atoms with Crippen LogP contribution in [0.3, 0.4) is 0 Å². The van der Waals surface area contributed by atoms with Gasteiger partial charge in [0.1, 0.15) is 5.75 Å². The van der Waals surface area contributed by atoms with E-state index < -0.39 is 0 Å². The molecule has 0 unspecified atom stereocenters. The van der Waals surface area contributed by atoms with Gasteiger partial charge in [0, 0.05) is 0 Å². The van der Waals surface area contributed by atoms with Gasteiger partial charge in [0.05, 0.1) is 7.11 Å². The Morgan fingerprint density at radius 2 is 1.04 bits per heavy atom. The number of ether oxygens (including phenoxy) is 1. The lowest BCUT2D eigenvalue weighted by Crippen LogP contribution is -2.13. The Morgan fingerprint density at radius 1 is 0.609 bits per heavy atom. The first-order valence-corrected chi connectivity index (χ1v) is 8.42. The van der Waals surface area contributed by atoms with E-state index in [1.165, 1.54) is 47.9 Å². The van der Waals surface area contributed by atoms with Crippen LogP contribution in [0, 0.1) is 6.92 Å². The maximum Gasteiger partial charge on any atom is 0.118 e. The van der Waals surface area contributed by atoms with Gasteiger partial charge in [-0.1, -0.05) is 42.0 Å². The van der Waals surface area contributed by atoms with Crippen molar-refractivity contribution < 1.29 is 4.74 Å². The maximum absolute atomic E-state index is 5.27. The molecule has 2 aromatic rings. The minimum atomic E-state index is 0.929. The largest absolute Gasteiger partial charge is 0.497 e. The highest BCUT2D eigenvalue weighted by atomic mass is 16.5. The topological polar surface area (TPSA) is 9.23 Å². The van der Waals surface area contributed by atoms with Crippen LogP contribution >= 0.6 is 0 Å². The van der Waals surface area contributed by atoms with Crippen molar-refractivity contribution in [2.75, 3.05) is 7.11 Å². The van der Waals surface area contributed by atoms with Gasteiger partial charge < -0.3 is 4.74 Å². The average Bonchev–Trinajstić information content (AvgIpc) is 2.53. The molecule has 4 rings (SSSR count). The van der Waals surface area contributed by atoms with Gasteiger partial charge in [0.2, 0.25) is 0 Å². The fraction of sp³-hybridized carbons (Fsp3) is 0.273. The fourth-order valence-electron chi connectivity index (χ4n) is 3.60. The van der Waals surface area contributed by atoms with Gasteiger partial charge in [0.15, 0.2) is 0 Å². The first-order chi connectivity index (χ1) is 11.3. The molecule has 0 bridgehead atoms. The average molecular weight is 302 g/mol. The number of hydrogen-bond acceptors (Lipinski definition) is 1. The van der Waals surface area contributed by atoms with E-state index >= 15 is 0 Å². The molecule has 0 aliphatic heterocycles. The zero-order valence-corrected chi connectivity index (χ0v) is 13.9. The van der Waals surface area contributed by atoms with E-state index in [-0.39, 0.29) is 0 Å². The summed E-state index contributed by atoms with van der Waals surface area (Å²) in [5, 5.41) is 0. The molecule has 2 aliphatic rings. The predicted octanol–water partition coefficient (Wildman–Crippen LogP) is 5.80. The molecule has 0 heterocycles. The molecule has 0 amide bonds. The summed E-state index contributed by atoms with van der Waals surface area (Å²) in [6.07, 6.45) is 4.88. The number of rotatable bonds is 4. The normalized spacial score (nSPS) is 17.0. The van der Waals surface area contributed by atoms with Gasteiger partial charge in [-0.2, -0.15) is 0 Å². The lowest BCUT2D eigenvalue weighted by atomic mass is 9.71. The van der Waals surface area contributed by atoms with Gasteiger partial charge in [-0.15, -0.1) is 0 Å². The van der Waals surface area contributed by atoms with Gasteiger partial charge in [-0.25, -0.2) is 0 Å². The zero-order valence-electron chi connectivity index (χ0n) is 13.9. The smallest absolute Gasteiger partial charge is 0.118 e. The molecule has 0 saturated heterocycles. The van der Waals surface area contributed by atoms with Crippen LogP contribution in [0.15, 0.2) is 59.7 Å². The van der Waals surface area contributed by atoms with Crippen LogP contribution in [0.4, 0.5) is 0 Å². The fourth-order valence-corrected chi connectivity index (χ4v) is 3.60. The first-order valence-electron chi connectivity index (χ1n) is 8.42. The Labute approximate surface area is 138 Å². The van der Waals surface area contributed by atoms with E-state index in [0.717, 1.165) is 5.75 Å². The number of benzene rings is 2. The molecular formula is C22H22O. The molecule has 0 N–H and O–H groups in total. The van der Waals surface area contributed by atoms with E-state index in [1.54, 1.807) is 23.8 Å². The molecule has 0 aromatic heterocycles. The summed E-state index contributed by atoms with van der Waals surface area (Å²) in [6, 6.07) is 17.5. The molecule has 0 saturated carbocycles. The maximum atomic E-state index is 5.27. The van der Waals surface area contributed by atoms with Crippen LogP contribution in [0.2, 0.25) is 0 Å². The van der Waals surface area contributed by atoms with E-state index in [1.807, 2.05) is 0 Å². The van der Waals surface area contributed by atoms with Crippen LogP contribution in [0.5, 0.6) is 5.75 Å². The number of aryl methyl sites for hydroxylation is 1. The monoisotopic (exact) mass is 302 g/mol. The number of hydrogen-bond donors (Lipinski definition) is 0. The number of allylic oxidation sites excluding steroid dienone is 4. The minimum absolute atomic E-state index is 0.929. The third-order valence-electron chi connectivity index (χ3n) is 5.18. The summed E-state index contributed by atoms with van der Waals surface area (Å²) in [4.78, 5) is 0. The van der Waals surface area contributed by atoms with Gasteiger partial charge in [-0.05, 0) is 78.2 Å². The highest BCUT2D eigenvalue weighted by Crippen LogP contribution is 2.49. The SMILES string of the molecule is COc1ccc(C2=C(C3=C(c4ccc(C)cc4)CC3)CC2)cc1. The van der Waals surface area contributed by atoms with Crippen molar-refractivity contribution in [2.24, 2.45) is 0 Å². The number of methoxy groups -OCH3 is 1. The summed E-state index contributed by atoms with van der Waals surface area (Å²) in [5.41, 5.74) is 10.4. The standard InChI is InChI=1S/C22H22O/c1-15-3-5-16(6-4-15)19-11-13-21(19)22-14-12-20(22)17-7-9-18(23-2)10-8-17/h3-10H,11-14H2,1-2H3. The minimum Gasteiger partial charge on any atom is -0.497 e. The second-order valence-electron chi connectivity index (χ2n) is 6.51. The van der Waals surface area contributed by atoms with Crippen molar-refractivity contribution in [3.63, 3.8) is 0 Å². The van der Waals surface area contributed by atoms with Crippen molar-refractivity contribution >= 4 is 11.1 Å². The Bertz CT molecular complexity index is 789. The summed E-state index contributed by atoms with van der Waals surface area (Å²) < 4.78 is 5.27. The van der Waals surface area contributed by atoms with Crippen molar-refractivity contribution in [1.29, 1.82) is 0 Å². The lowest BCUT2D eigenvalue weighted by Gasteiger charge is -2.34. The van der Waals surface area contributed by atoms with Crippen molar-refractivity contribution in [3.05, 3.63) is 76.4 Å². The molecule has 2 aliphatic carbocycles. The van der Waals surface area contributed by atoms with Crippen LogP contribution in [-0.4, -0.2) is 7.11 Å². The summed E-state index contributed by atoms with van der Waals surface area (Å²) in [5.74, 6) is 0.929. The second-order valence-corrected chi connectivity index (χ2v) is 6.51. The van der Waals surface area contributed by atoms with Crippen LogP contribution < -0.4 is 4.74 Å². The van der Waals surface area contributed by atoms with Crippen molar-refractivity contribution in [1.82, 2.24) is 0 Å². The Hall–Kier alpha value is -2.28. The molecule has 1 nitrogen and oxygen atoms in total. The van der Waals surface area contributed by atoms with E-state index in [9.17, 15) is 0 Å². The first kappa shape index (κ1) is 14.3. The molecule has 23 heavy (non-hydrogen) atoms. The van der Waals surface area contributed by atoms with Gasteiger partial charge in [-0.3, -0.25) is 0 Å². The molecule has 0 atom stereocenters.